The molecule has 1 aliphatic heterocycles. The number of aromatic nitrogens is 2. The van der Waals surface area contributed by atoms with E-state index in [1.165, 1.54) is 60.3 Å². The first-order chi connectivity index (χ1) is 22.3. The molecule has 3 heterocycles. The largest absolute Gasteiger partial charge is 0.461 e. The lowest BCUT2D eigenvalue weighted by molar-refractivity contribution is 0.426. The predicted molar refractivity (Wildman–Crippen MR) is 186 cm³/mol. The van der Waals surface area contributed by atoms with Crippen molar-refractivity contribution >= 4 is 49.2 Å². The van der Waals surface area contributed by atoms with Gasteiger partial charge in [0.15, 0.2) is 0 Å². The molecule has 212 valence electrons. The summed E-state index contributed by atoms with van der Waals surface area (Å²) in [6, 6.07) is 50.6. The first kappa shape index (κ1) is 24.6. The summed E-state index contributed by atoms with van der Waals surface area (Å²) in [4.78, 5) is 0. The number of benzene rings is 6. The van der Waals surface area contributed by atoms with Crippen LogP contribution in [-0.2, 0) is 0 Å². The maximum atomic E-state index is 6.26. The summed E-state index contributed by atoms with van der Waals surface area (Å²) in [5.74, 6) is 2.25. The van der Waals surface area contributed by atoms with Gasteiger partial charge in [-0.1, -0.05) is 97.1 Å². The van der Waals surface area contributed by atoms with Crippen LogP contribution in [0.4, 0.5) is 0 Å². The number of ether oxygens (including phenoxy) is 1. The average Bonchev–Trinajstić information content (AvgIpc) is 3.75. The van der Waals surface area contributed by atoms with Crippen molar-refractivity contribution in [2.24, 2.45) is 0 Å². The highest BCUT2D eigenvalue weighted by Crippen LogP contribution is 2.48. The molecular formula is C42H28N2O. The van der Waals surface area contributed by atoms with Gasteiger partial charge in [0, 0.05) is 44.4 Å². The summed E-state index contributed by atoms with van der Waals surface area (Å²) in [6.07, 6.45) is 5.33. The van der Waals surface area contributed by atoms with Gasteiger partial charge in [-0.05, 0) is 72.2 Å². The highest BCUT2D eigenvalue weighted by molar-refractivity contribution is 6.10. The summed E-state index contributed by atoms with van der Waals surface area (Å²) >= 11 is 0. The molecule has 2 aliphatic rings. The smallest absolute Gasteiger partial charge is 0.130 e. The number of para-hydroxylation sites is 5. The van der Waals surface area contributed by atoms with Crippen LogP contribution in [-0.4, -0.2) is 9.13 Å². The molecule has 3 heteroatoms. The number of hydrogen-bond acceptors (Lipinski definition) is 1. The molecule has 2 aromatic heterocycles. The summed E-state index contributed by atoms with van der Waals surface area (Å²) in [5.41, 5.74) is 11.0. The molecule has 3 nitrogen and oxygen atoms in total. The molecule has 1 aliphatic carbocycles. The normalized spacial score (nSPS) is 15.7. The Morgan fingerprint density at radius 2 is 0.956 bits per heavy atom. The van der Waals surface area contributed by atoms with Crippen molar-refractivity contribution in [2.75, 3.05) is 0 Å². The molecule has 1 atom stereocenters. The summed E-state index contributed by atoms with van der Waals surface area (Å²) in [7, 11) is 0. The van der Waals surface area contributed by atoms with E-state index in [2.05, 4.69) is 161 Å². The molecular weight excluding hydrogens is 548 g/mol. The van der Waals surface area contributed by atoms with Crippen molar-refractivity contribution in [3.8, 4) is 17.1 Å². The topological polar surface area (TPSA) is 19.1 Å². The van der Waals surface area contributed by atoms with E-state index in [4.69, 9.17) is 4.74 Å². The van der Waals surface area contributed by atoms with Gasteiger partial charge in [0.25, 0.3) is 0 Å². The Morgan fingerprint density at radius 1 is 0.489 bits per heavy atom. The fourth-order valence-corrected chi connectivity index (χ4v) is 7.70. The fraction of sp³-hybridized carbons (Fsp3) is 0.0476. The molecule has 0 bridgehead atoms. The van der Waals surface area contributed by atoms with E-state index in [1.807, 2.05) is 0 Å². The maximum Gasteiger partial charge on any atom is 0.130 e. The van der Waals surface area contributed by atoms with Gasteiger partial charge in [0.1, 0.15) is 11.5 Å². The van der Waals surface area contributed by atoms with Crippen molar-refractivity contribution in [3.63, 3.8) is 0 Å². The third-order valence-corrected chi connectivity index (χ3v) is 9.69. The van der Waals surface area contributed by atoms with Crippen LogP contribution in [0.5, 0.6) is 5.75 Å². The Morgan fingerprint density at radius 3 is 1.49 bits per heavy atom. The van der Waals surface area contributed by atoms with Gasteiger partial charge in [-0.3, -0.25) is 0 Å². The zero-order valence-electron chi connectivity index (χ0n) is 24.5. The van der Waals surface area contributed by atoms with Gasteiger partial charge >= 0.3 is 0 Å². The van der Waals surface area contributed by atoms with Gasteiger partial charge < -0.3 is 13.9 Å². The van der Waals surface area contributed by atoms with Gasteiger partial charge in [0.05, 0.1) is 22.1 Å². The van der Waals surface area contributed by atoms with E-state index >= 15 is 0 Å². The second-order valence-electron chi connectivity index (χ2n) is 12.1. The maximum absolute atomic E-state index is 6.26. The first-order valence-electron chi connectivity index (χ1n) is 15.6. The van der Waals surface area contributed by atoms with E-state index in [-0.39, 0.29) is 5.92 Å². The quantitative estimate of drug-likeness (QED) is 0.205. The van der Waals surface area contributed by atoms with E-state index in [0.717, 1.165) is 29.3 Å². The summed E-state index contributed by atoms with van der Waals surface area (Å²) in [6.45, 7) is 0. The predicted octanol–water partition coefficient (Wildman–Crippen LogP) is 10.7. The monoisotopic (exact) mass is 576 g/mol. The number of allylic oxidation sites excluding steroid dienone is 4. The molecule has 0 spiro atoms. The van der Waals surface area contributed by atoms with Crippen LogP contribution in [0.15, 0.2) is 157 Å². The Bertz CT molecular complexity index is 2320. The van der Waals surface area contributed by atoms with E-state index in [0.29, 0.717) is 0 Å². The molecule has 0 fully saturated rings. The third kappa shape index (κ3) is 3.58. The van der Waals surface area contributed by atoms with Gasteiger partial charge in [-0.15, -0.1) is 0 Å². The molecule has 0 radical (unpaired) electrons. The van der Waals surface area contributed by atoms with Crippen molar-refractivity contribution in [1.82, 2.24) is 9.13 Å². The van der Waals surface area contributed by atoms with Crippen LogP contribution in [0.2, 0.25) is 0 Å². The summed E-state index contributed by atoms with van der Waals surface area (Å²) in [5, 5.41) is 5.06. The number of fused-ring (bicyclic) bond motifs is 9. The molecule has 45 heavy (non-hydrogen) atoms. The van der Waals surface area contributed by atoms with Crippen LogP contribution in [0.25, 0.3) is 60.6 Å². The van der Waals surface area contributed by atoms with Crippen molar-refractivity contribution in [3.05, 3.63) is 169 Å². The lowest BCUT2D eigenvalue weighted by Crippen LogP contribution is -2.06. The first-order valence-corrected chi connectivity index (χ1v) is 15.6. The third-order valence-electron chi connectivity index (χ3n) is 9.69. The fourth-order valence-electron chi connectivity index (χ4n) is 7.70. The van der Waals surface area contributed by atoms with Gasteiger partial charge in [-0.2, -0.15) is 0 Å². The minimum Gasteiger partial charge on any atom is -0.461 e. The molecule has 6 aromatic carbocycles. The van der Waals surface area contributed by atoms with Gasteiger partial charge in [0.2, 0.25) is 0 Å². The molecule has 0 saturated heterocycles. The van der Waals surface area contributed by atoms with Crippen LogP contribution >= 0.6 is 0 Å². The van der Waals surface area contributed by atoms with Crippen LogP contribution < -0.4 is 4.74 Å². The van der Waals surface area contributed by atoms with Gasteiger partial charge in [-0.25, -0.2) is 0 Å². The second kappa shape index (κ2) is 9.35. The van der Waals surface area contributed by atoms with Crippen LogP contribution in [0.1, 0.15) is 23.5 Å². The molecule has 10 rings (SSSR count). The number of hydrogen-bond donors (Lipinski definition) is 0. The molecule has 1 unspecified atom stereocenters. The highest BCUT2D eigenvalue weighted by Gasteiger charge is 2.32. The van der Waals surface area contributed by atoms with E-state index < -0.39 is 0 Å². The molecule has 0 amide bonds. The SMILES string of the molecule is C1=C(c2cc(-n3c4ccccc4c4ccccc43)cc(-n3c4ccccc4c4ccccc43)c2)CC2C(=C1)Oc1ccccc12. The zero-order valence-corrected chi connectivity index (χ0v) is 24.5. The molecule has 0 N–H and O–H groups in total. The number of rotatable bonds is 3. The lowest BCUT2D eigenvalue weighted by atomic mass is 9.85. The molecule has 0 saturated carbocycles. The average molecular weight is 577 g/mol. The summed E-state index contributed by atoms with van der Waals surface area (Å²) < 4.78 is 11.1. The minimum absolute atomic E-state index is 0.231. The lowest BCUT2D eigenvalue weighted by Gasteiger charge is -2.21. The standard InChI is InChI=1S/C42H28N2O/c1-6-16-37-31(11-1)32-12-2-7-17-38(32)43(37)29-23-28(27-21-22-42-36(25-27)35-15-5-10-20-41(35)45-42)24-30(26-29)44-39-18-8-3-13-33(39)34-14-4-9-19-40(34)44/h1-24,26,36H,25H2. The van der Waals surface area contributed by atoms with E-state index in [1.54, 1.807) is 0 Å². The highest BCUT2D eigenvalue weighted by atomic mass is 16.5. The van der Waals surface area contributed by atoms with E-state index in [9.17, 15) is 0 Å². The van der Waals surface area contributed by atoms with Crippen LogP contribution in [0.3, 0.4) is 0 Å². The van der Waals surface area contributed by atoms with Crippen molar-refractivity contribution in [2.45, 2.75) is 12.3 Å². The van der Waals surface area contributed by atoms with Crippen molar-refractivity contribution < 1.29 is 4.74 Å². The number of nitrogens with zero attached hydrogens (tertiary/aromatic N) is 2. The Kier molecular flexibility index (Phi) is 5.11. The minimum atomic E-state index is 0.231. The Hall–Kier alpha value is -5.80. The second-order valence-corrected chi connectivity index (χ2v) is 12.1. The molecule has 8 aromatic rings. The Balaban J connectivity index is 1.26. The Labute approximate surface area is 260 Å². The van der Waals surface area contributed by atoms with Crippen LogP contribution in [0, 0.1) is 0 Å². The zero-order chi connectivity index (χ0) is 29.5. The van der Waals surface area contributed by atoms with Crippen molar-refractivity contribution in [1.29, 1.82) is 0 Å².